The van der Waals surface area contributed by atoms with Crippen molar-refractivity contribution in [3.8, 4) is 0 Å². The topological polar surface area (TPSA) is 118 Å². The zero-order valence-corrected chi connectivity index (χ0v) is 16.4. The highest BCUT2D eigenvalue weighted by molar-refractivity contribution is 7.90. The lowest BCUT2D eigenvalue weighted by Gasteiger charge is -2.07. The average molecular weight is 401 g/mol. The van der Waals surface area contributed by atoms with Gasteiger partial charge in [-0.05, 0) is 55.3 Å². The van der Waals surface area contributed by atoms with Gasteiger partial charge in [0.2, 0.25) is 11.8 Å². The SMILES string of the molecule is CC(=O)NS(=O)(=O)c1ccc(NC(=O)Cc2noc3c(C)cc(C)cc23)cc1. The fourth-order valence-corrected chi connectivity index (χ4v) is 3.88. The number of aromatic nitrogens is 1. The Bertz CT molecular complexity index is 1160. The van der Waals surface area contributed by atoms with Gasteiger partial charge in [0.25, 0.3) is 10.0 Å². The highest BCUT2D eigenvalue weighted by atomic mass is 32.2. The van der Waals surface area contributed by atoms with Crippen molar-refractivity contribution in [3.63, 3.8) is 0 Å². The number of hydrogen-bond donors (Lipinski definition) is 2. The Kier molecular flexibility index (Phi) is 5.19. The predicted octanol–water partition coefficient (Wildman–Crippen LogP) is 2.45. The van der Waals surface area contributed by atoms with Crippen molar-refractivity contribution in [2.75, 3.05) is 5.32 Å². The van der Waals surface area contributed by atoms with Crippen molar-refractivity contribution in [2.45, 2.75) is 32.1 Å². The third-order valence-electron chi connectivity index (χ3n) is 4.03. The Balaban J connectivity index is 1.73. The van der Waals surface area contributed by atoms with Crippen LogP contribution in [-0.2, 0) is 26.0 Å². The monoisotopic (exact) mass is 401 g/mol. The van der Waals surface area contributed by atoms with Gasteiger partial charge in [0.1, 0.15) is 5.69 Å². The summed E-state index contributed by atoms with van der Waals surface area (Å²) < 4.78 is 31.1. The van der Waals surface area contributed by atoms with Crippen LogP contribution in [0.3, 0.4) is 0 Å². The van der Waals surface area contributed by atoms with Gasteiger partial charge < -0.3 is 9.84 Å². The summed E-state index contributed by atoms with van der Waals surface area (Å²) >= 11 is 0. The van der Waals surface area contributed by atoms with Crippen LogP contribution in [0.2, 0.25) is 0 Å². The second-order valence-electron chi connectivity index (χ2n) is 6.50. The summed E-state index contributed by atoms with van der Waals surface area (Å²) in [5.74, 6) is -0.991. The number of amides is 2. The number of carbonyl (C=O) groups is 2. The van der Waals surface area contributed by atoms with Crippen LogP contribution in [0.15, 0.2) is 45.8 Å². The van der Waals surface area contributed by atoms with Crippen LogP contribution in [0, 0.1) is 13.8 Å². The van der Waals surface area contributed by atoms with E-state index < -0.39 is 15.9 Å². The molecule has 0 aliphatic rings. The van der Waals surface area contributed by atoms with Crippen LogP contribution >= 0.6 is 0 Å². The lowest BCUT2D eigenvalue weighted by molar-refractivity contribution is -0.117. The van der Waals surface area contributed by atoms with E-state index in [1.165, 1.54) is 24.3 Å². The predicted molar refractivity (Wildman–Crippen MR) is 103 cm³/mol. The first-order valence-corrected chi connectivity index (χ1v) is 9.93. The molecular formula is C19H19N3O5S. The number of anilines is 1. The van der Waals surface area contributed by atoms with Gasteiger partial charge in [0.05, 0.1) is 11.3 Å². The van der Waals surface area contributed by atoms with Crippen LogP contribution in [0.25, 0.3) is 11.0 Å². The van der Waals surface area contributed by atoms with Gasteiger partial charge in [0.15, 0.2) is 5.58 Å². The summed E-state index contributed by atoms with van der Waals surface area (Å²) in [7, 11) is -3.91. The zero-order chi connectivity index (χ0) is 20.5. The quantitative estimate of drug-likeness (QED) is 0.678. The number of carbonyl (C=O) groups excluding carboxylic acids is 2. The lowest BCUT2D eigenvalue weighted by Crippen LogP contribution is -2.28. The third-order valence-corrected chi connectivity index (χ3v) is 5.48. The number of aryl methyl sites for hydroxylation is 2. The first-order chi connectivity index (χ1) is 13.2. The molecule has 3 rings (SSSR count). The molecule has 28 heavy (non-hydrogen) atoms. The fourth-order valence-electron chi connectivity index (χ4n) is 2.89. The van der Waals surface area contributed by atoms with Crippen LogP contribution < -0.4 is 10.0 Å². The Morgan fingerprint density at radius 2 is 1.79 bits per heavy atom. The normalized spacial score (nSPS) is 11.4. The fraction of sp³-hybridized carbons (Fsp3) is 0.211. The second-order valence-corrected chi connectivity index (χ2v) is 8.18. The maximum absolute atomic E-state index is 12.4. The summed E-state index contributed by atoms with van der Waals surface area (Å²) in [6, 6.07) is 9.40. The minimum absolute atomic E-state index is 0.0157. The van der Waals surface area contributed by atoms with Crippen LogP contribution in [0.4, 0.5) is 5.69 Å². The van der Waals surface area contributed by atoms with Crippen molar-refractivity contribution in [2.24, 2.45) is 0 Å². The molecule has 3 aromatic rings. The maximum Gasteiger partial charge on any atom is 0.264 e. The first kappa shape index (κ1) is 19.6. The van der Waals surface area contributed by atoms with Crippen molar-refractivity contribution < 1.29 is 22.5 Å². The summed E-state index contributed by atoms with van der Waals surface area (Å²) in [6.07, 6.45) is 0.0157. The molecule has 0 fully saturated rings. The van der Waals surface area contributed by atoms with E-state index in [1.54, 1.807) is 0 Å². The molecule has 0 radical (unpaired) electrons. The number of fused-ring (bicyclic) bond motifs is 1. The number of sulfonamides is 1. The molecule has 1 heterocycles. The van der Waals surface area contributed by atoms with Gasteiger partial charge >= 0.3 is 0 Å². The second kappa shape index (κ2) is 7.43. The molecule has 2 N–H and O–H groups in total. The Hall–Kier alpha value is -3.20. The van der Waals surface area contributed by atoms with Crippen LogP contribution in [-0.4, -0.2) is 25.4 Å². The molecule has 0 spiro atoms. The average Bonchev–Trinajstić information content (AvgIpc) is 2.97. The molecule has 0 aliphatic carbocycles. The van der Waals surface area contributed by atoms with E-state index in [1.807, 2.05) is 30.7 Å². The molecule has 1 aromatic heterocycles. The van der Waals surface area contributed by atoms with Crippen molar-refractivity contribution in [3.05, 3.63) is 53.2 Å². The van der Waals surface area contributed by atoms with Gasteiger partial charge in [-0.25, -0.2) is 13.1 Å². The molecule has 0 unspecified atom stereocenters. The van der Waals surface area contributed by atoms with E-state index in [0.717, 1.165) is 23.4 Å². The van der Waals surface area contributed by atoms with E-state index in [2.05, 4.69) is 10.5 Å². The summed E-state index contributed by atoms with van der Waals surface area (Å²) in [6.45, 7) is 4.99. The maximum atomic E-state index is 12.4. The largest absolute Gasteiger partial charge is 0.356 e. The highest BCUT2D eigenvalue weighted by Gasteiger charge is 2.17. The smallest absolute Gasteiger partial charge is 0.264 e. The minimum Gasteiger partial charge on any atom is -0.356 e. The number of benzene rings is 2. The highest BCUT2D eigenvalue weighted by Crippen LogP contribution is 2.24. The molecule has 0 saturated carbocycles. The first-order valence-electron chi connectivity index (χ1n) is 8.44. The van der Waals surface area contributed by atoms with Crippen LogP contribution in [0.5, 0.6) is 0 Å². The number of nitrogens with one attached hydrogen (secondary N) is 2. The number of rotatable bonds is 5. The van der Waals surface area contributed by atoms with Gasteiger partial charge in [0, 0.05) is 18.0 Å². The van der Waals surface area contributed by atoms with Gasteiger partial charge in [-0.3, -0.25) is 9.59 Å². The molecule has 146 valence electrons. The lowest BCUT2D eigenvalue weighted by atomic mass is 10.1. The summed E-state index contributed by atoms with van der Waals surface area (Å²) in [5.41, 5.74) is 3.60. The van der Waals surface area contributed by atoms with Crippen LogP contribution in [0.1, 0.15) is 23.7 Å². The van der Waals surface area contributed by atoms with E-state index in [0.29, 0.717) is 17.0 Å². The van der Waals surface area contributed by atoms with Crippen molar-refractivity contribution in [1.82, 2.24) is 9.88 Å². The summed E-state index contributed by atoms with van der Waals surface area (Å²) in [4.78, 5) is 23.2. The number of nitrogens with zero attached hydrogens (tertiary/aromatic N) is 1. The molecule has 9 heteroatoms. The Morgan fingerprint density at radius 1 is 1.11 bits per heavy atom. The van der Waals surface area contributed by atoms with Gasteiger partial charge in [-0.15, -0.1) is 0 Å². The zero-order valence-electron chi connectivity index (χ0n) is 15.6. The van der Waals surface area contributed by atoms with Crippen molar-refractivity contribution >= 4 is 38.5 Å². The molecule has 0 bridgehead atoms. The molecular weight excluding hydrogens is 382 g/mol. The Morgan fingerprint density at radius 3 is 2.43 bits per heavy atom. The van der Waals surface area contributed by atoms with E-state index in [-0.39, 0.29) is 17.2 Å². The van der Waals surface area contributed by atoms with E-state index in [4.69, 9.17) is 4.52 Å². The Labute approximate surface area is 162 Å². The molecule has 2 amide bonds. The minimum atomic E-state index is -3.91. The van der Waals surface area contributed by atoms with E-state index >= 15 is 0 Å². The van der Waals surface area contributed by atoms with Gasteiger partial charge in [-0.1, -0.05) is 11.2 Å². The molecule has 0 atom stereocenters. The van der Waals surface area contributed by atoms with Crippen molar-refractivity contribution in [1.29, 1.82) is 0 Å². The standard InChI is InChI=1S/C19H19N3O5S/c1-11-8-12(2)19-16(9-11)17(21-27-19)10-18(24)20-14-4-6-15(7-5-14)28(25,26)22-13(3)23/h4-9H,10H2,1-3H3,(H,20,24)(H,22,23). The summed E-state index contributed by atoms with van der Waals surface area (Å²) in [5, 5.41) is 7.48. The molecule has 0 saturated heterocycles. The third kappa shape index (κ3) is 4.20. The molecule has 0 aliphatic heterocycles. The van der Waals surface area contributed by atoms with E-state index in [9.17, 15) is 18.0 Å². The molecule has 8 nitrogen and oxygen atoms in total. The number of hydrogen-bond acceptors (Lipinski definition) is 6. The molecule has 2 aromatic carbocycles. The van der Waals surface area contributed by atoms with Gasteiger partial charge in [-0.2, -0.15) is 0 Å².